The molecule has 0 heterocycles. The fraction of sp³-hybridized carbons (Fsp3) is 0.409. The average Bonchev–Trinajstić information content (AvgIpc) is 2.97. The van der Waals surface area contributed by atoms with Crippen LogP contribution < -0.4 is 5.48 Å². The molecule has 0 bridgehead atoms. The molecule has 6 heteroatoms. The van der Waals surface area contributed by atoms with Gasteiger partial charge < -0.3 is 4.90 Å². The van der Waals surface area contributed by atoms with Gasteiger partial charge in [-0.25, -0.2) is 9.79 Å². The Balaban J connectivity index is 2.34. The highest BCUT2D eigenvalue weighted by atomic mass is 32.2. The fourth-order valence-electron chi connectivity index (χ4n) is 2.52. The first-order valence-corrected chi connectivity index (χ1v) is 10.4. The van der Waals surface area contributed by atoms with Gasteiger partial charge in [0.15, 0.2) is 0 Å². The molecular formula is C22H33N3O2S. The molecule has 0 radical (unpaired) electrons. The average molecular weight is 404 g/mol. The standard InChI is InChI=1S/C22H33N3O2S/c1-4-20(15-16-22(26)23-27)12-10-11-17-25(5-2)19-18-24(3)28-21-13-8-6-7-9-14-21/h4,6-10,12-13,15-16,27H,5,11,14,17-19H2,1-3H3,(H,23,26)/b12-10-,16-15+,20-4+. The van der Waals surface area contributed by atoms with Gasteiger partial charge in [0.2, 0.25) is 0 Å². The monoisotopic (exact) mass is 403 g/mol. The summed E-state index contributed by atoms with van der Waals surface area (Å²) in [5, 5.41) is 8.51. The maximum absolute atomic E-state index is 11.0. The van der Waals surface area contributed by atoms with Gasteiger partial charge in [-0.15, -0.1) is 0 Å². The molecule has 0 atom stereocenters. The first-order chi connectivity index (χ1) is 13.6. The van der Waals surface area contributed by atoms with Crippen LogP contribution in [0.2, 0.25) is 0 Å². The van der Waals surface area contributed by atoms with Gasteiger partial charge in [0.1, 0.15) is 0 Å². The summed E-state index contributed by atoms with van der Waals surface area (Å²) >= 11 is 1.82. The molecule has 0 fully saturated rings. The minimum absolute atomic E-state index is 0.529. The molecule has 1 amide bonds. The van der Waals surface area contributed by atoms with Crippen LogP contribution in [0.1, 0.15) is 26.7 Å². The maximum atomic E-state index is 11.0. The summed E-state index contributed by atoms with van der Waals surface area (Å²) in [6, 6.07) is 0. The number of hydrogen-bond donors (Lipinski definition) is 2. The summed E-state index contributed by atoms with van der Waals surface area (Å²) in [5.41, 5.74) is 2.52. The summed E-state index contributed by atoms with van der Waals surface area (Å²) in [6.45, 7) is 8.16. The number of amides is 1. The van der Waals surface area contributed by atoms with Crippen molar-refractivity contribution in [1.82, 2.24) is 14.7 Å². The molecule has 0 aliphatic heterocycles. The zero-order valence-corrected chi connectivity index (χ0v) is 18.0. The highest BCUT2D eigenvalue weighted by molar-refractivity contribution is 8.00. The van der Waals surface area contributed by atoms with Crippen molar-refractivity contribution in [2.24, 2.45) is 0 Å². The predicted octanol–water partition coefficient (Wildman–Crippen LogP) is 4.24. The minimum Gasteiger partial charge on any atom is -0.302 e. The third kappa shape index (κ3) is 11.1. The summed E-state index contributed by atoms with van der Waals surface area (Å²) in [5.74, 6) is -0.529. The lowest BCUT2D eigenvalue weighted by atomic mass is 10.2. The number of carbonyl (C=O) groups excluding carboxylic acids is 1. The lowest BCUT2D eigenvalue weighted by Gasteiger charge is -2.23. The largest absolute Gasteiger partial charge is 0.302 e. The molecule has 1 rings (SSSR count). The van der Waals surface area contributed by atoms with Crippen molar-refractivity contribution in [3.05, 3.63) is 71.2 Å². The van der Waals surface area contributed by atoms with Gasteiger partial charge in [-0.1, -0.05) is 55.5 Å². The van der Waals surface area contributed by atoms with Gasteiger partial charge in [0.05, 0.1) is 0 Å². The molecule has 1 aliphatic carbocycles. The second-order valence-electron chi connectivity index (χ2n) is 6.32. The Kier molecular flexibility index (Phi) is 13.0. The Morgan fingerprint density at radius 2 is 2.04 bits per heavy atom. The summed E-state index contributed by atoms with van der Waals surface area (Å²) in [6.07, 6.45) is 21.6. The molecule has 28 heavy (non-hydrogen) atoms. The Morgan fingerprint density at radius 3 is 2.75 bits per heavy atom. The molecule has 0 aromatic rings. The zero-order valence-electron chi connectivity index (χ0n) is 17.2. The van der Waals surface area contributed by atoms with E-state index in [1.54, 1.807) is 11.6 Å². The Bertz CT molecular complexity index is 648. The van der Waals surface area contributed by atoms with Gasteiger partial charge >= 0.3 is 0 Å². The van der Waals surface area contributed by atoms with Crippen molar-refractivity contribution >= 4 is 17.9 Å². The highest BCUT2D eigenvalue weighted by Gasteiger charge is 2.07. The van der Waals surface area contributed by atoms with Gasteiger partial charge in [0.25, 0.3) is 5.91 Å². The van der Waals surface area contributed by atoms with Crippen LogP contribution in [0.3, 0.4) is 0 Å². The Labute approximate surface area is 173 Å². The lowest BCUT2D eigenvalue weighted by Crippen LogP contribution is -2.31. The van der Waals surface area contributed by atoms with E-state index in [-0.39, 0.29) is 0 Å². The number of allylic oxidation sites excluding steroid dienone is 10. The van der Waals surface area contributed by atoms with E-state index < -0.39 is 5.91 Å². The van der Waals surface area contributed by atoms with E-state index in [2.05, 4.69) is 59.6 Å². The number of hydroxylamine groups is 1. The van der Waals surface area contributed by atoms with Crippen molar-refractivity contribution < 1.29 is 10.0 Å². The quantitative estimate of drug-likeness (QED) is 0.168. The summed E-state index contributed by atoms with van der Waals surface area (Å²) in [7, 11) is 2.14. The molecule has 5 nitrogen and oxygen atoms in total. The van der Waals surface area contributed by atoms with Crippen molar-refractivity contribution in [3.63, 3.8) is 0 Å². The second-order valence-corrected chi connectivity index (χ2v) is 7.65. The van der Waals surface area contributed by atoms with Crippen molar-refractivity contribution in [3.8, 4) is 0 Å². The van der Waals surface area contributed by atoms with Crippen LogP contribution in [0.25, 0.3) is 0 Å². The van der Waals surface area contributed by atoms with Crippen LogP contribution in [-0.4, -0.2) is 53.5 Å². The van der Waals surface area contributed by atoms with Crippen molar-refractivity contribution in [2.75, 3.05) is 33.2 Å². The zero-order chi connectivity index (χ0) is 20.6. The number of carbonyl (C=O) groups is 1. The van der Waals surface area contributed by atoms with Gasteiger partial charge in [0, 0.05) is 30.6 Å². The lowest BCUT2D eigenvalue weighted by molar-refractivity contribution is -0.124. The van der Waals surface area contributed by atoms with E-state index >= 15 is 0 Å². The number of rotatable bonds is 12. The molecule has 0 saturated carbocycles. The molecule has 0 unspecified atom stereocenters. The van der Waals surface area contributed by atoms with E-state index in [9.17, 15) is 4.79 Å². The molecule has 0 saturated heterocycles. The predicted molar refractivity (Wildman–Crippen MR) is 120 cm³/mol. The SMILES string of the molecule is C/C=C(\C=C/CCN(CC)CCN(C)SC1=CC=CC=CC1)/C=C/C(=O)NO. The second kappa shape index (κ2) is 15.1. The van der Waals surface area contributed by atoms with Crippen LogP contribution in [0.5, 0.6) is 0 Å². The number of hydrogen-bond acceptors (Lipinski definition) is 5. The normalized spacial score (nSPS) is 15.1. The van der Waals surface area contributed by atoms with Crippen LogP contribution in [0.4, 0.5) is 0 Å². The molecule has 154 valence electrons. The van der Waals surface area contributed by atoms with Crippen molar-refractivity contribution in [1.29, 1.82) is 0 Å². The molecule has 2 N–H and O–H groups in total. The first kappa shape index (κ1) is 24.2. The maximum Gasteiger partial charge on any atom is 0.267 e. The molecular weight excluding hydrogens is 370 g/mol. The minimum atomic E-state index is -0.529. The van der Waals surface area contributed by atoms with E-state index in [1.165, 1.54) is 11.0 Å². The smallest absolute Gasteiger partial charge is 0.267 e. The van der Waals surface area contributed by atoms with Crippen LogP contribution in [0, 0.1) is 0 Å². The van der Waals surface area contributed by atoms with Gasteiger partial charge in [-0.05, 0) is 57.0 Å². The number of likely N-dealkylation sites (N-methyl/N-ethyl adjacent to an activating group) is 2. The van der Waals surface area contributed by atoms with E-state index in [0.717, 1.165) is 44.6 Å². The van der Waals surface area contributed by atoms with Gasteiger partial charge in [-0.2, -0.15) is 0 Å². The van der Waals surface area contributed by atoms with Crippen LogP contribution in [-0.2, 0) is 4.79 Å². The molecule has 0 aromatic carbocycles. The number of nitrogens with zero attached hydrogens (tertiary/aromatic N) is 2. The topological polar surface area (TPSA) is 55.8 Å². The number of nitrogens with one attached hydrogen (secondary N) is 1. The fourth-order valence-corrected chi connectivity index (χ4v) is 3.40. The van der Waals surface area contributed by atoms with Crippen LogP contribution >= 0.6 is 11.9 Å². The summed E-state index contributed by atoms with van der Waals surface area (Å²) in [4.78, 5) is 14.8. The highest BCUT2D eigenvalue weighted by Crippen LogP contribution is 2.24. The Hall–Kier alpha value is -1.86. The van der Waals surface area contributed by atoms with Crippen LogP contribution in [0.15, 0.2) is 71.2 Å². The molecule has 0 spiro atoms. The van der Waals surface area contributed by atoms with E-state index in [0.29, 0.717) is 0 Å². The Morgan fingerprint density at radius 1 is 1.21 bits per heavy atom. The van der Waals surface area contributed by atoms with E-state index in [4.69, 9.17) is 5.21 Å². The van der Waals surface area contributed by atoms with E-state index in [1.807, 2.05) is 31.0 Å². The third-order valence-corrected chi connectivity index (χ3v) is 5.24. The summed E-state index contributed by atoms with van der Waals surface area (Å²) < 4.78 is 2.30. The van der Waals surface area contributed by atoms with Crippen molar-refractivity contribution in [2.45, 2.75) is 26.7 Å². The molecule has 0 aromatic heterocycles. The molecule has 1 aliphatic rings. The first-order valence-electron chi connectivity index (χ1n) is 9.67. The van der Waals surface area contributed by atoms with Gasteiger partial charge in [-0.3, -0.25) is 10.0 Å². The third-order valence-electron chi connectivity index (χ3n) is 4.20.